The summed E-state index contributed by atoms with van der Waals surface area (Å²) in [6, 6.07) is 2.12. The van der Waals surface area contributed by atoms with Crippen LogP contribution in [0.2, 0.25) is 4.34 Å². The fourth-order valence-corrected chi connectivity index (χ4v) is 3.15. The Bertz CT molecular complexity index is 337. The lowest BCUT2D eigenvalue weighted by Crippen LogP contribution is -2.22. The van der Waals surface area contributed by atoms with Crippen molar-refractivity contribution in [2.24, 2.45) is 17.1 Å². The molecule has 16 heavy (non-hydrogen) atoms. The first-order valence-corrected chi connectivity index (χ1v) is 7.41. The standard InChI is InChI=1S/C12H19BrClNS/c1-7(12(2,3)4)5-9(15)10-6-8(13)11(14)16-10/h6-7,9H,5,15H2,1-4H3. The quantitative estimate of drug-likeness (QED) is 0.808. The number of halogens is 2. The highest BCUT2D eigenvalue weighted by atomic mass is 79.9. The van der Waals surface area contributed by atoms with E-state index in [1.807, 2.05) is 6.07 Å². The molecule has 0 amide bonds. The first-order chi connectivity index (χ1) is 7.21. The Hall–Kier alpha value is 0.430. The average Bonchev–Trinajstić information content (AvgIpc) is 2.45. The topological polar surface area (TPSA) is 26.0 Å². The molecule has 1 rings (SSSR count). The molecule has 0 saturated carbocycles. The molecule has 0 aromatic carbocycles. The van der Waals surface area contributed by atoms with Gasteiger partial charge in [0, 0.05) is 15.4 Å². The molecule has 0 fully saturated rings. The molecule has 0 aliphatic heterocycles. The van der Waals surface area contributed by atoms with Crippen molar-refractivity contribution in [1.82, 2.24) is 0 Å². The number of rotatable bonds is 3. The van der Waals surface area contributed by atoms with Gasteiger partial charge in [-0.15, -0.1) is 11.3 Å². The summed E-state index contributed by atoms with van der Waals surface area (Å²) < 4.78 is 1.74. The maximum absolute atomic E-state index is 6.21. The molecular weight excluding hydrogens is 306 g/mol. The lowest BCUT2D eigenvalue weighted by Gasteiger charge is -2.29. The average molecular weight is 325 g/mol. The monoisotopic (exact) mass is 323 g/mol. The van der Waals surface area contributed by atoms with Gasteiger partial charge in [0.2, 0.25) is 0 Å². The van der Waals surface area contributed by atoms with E-state index < -0.39 is 0 Å². The molecule has 1 aromatic rings. The first kappa shape index (κ1) is 14.5. The molecule has 1 nitrogen and oxygen atoms in total. The SMILES string of the molecule is CC(CC(N)c1cc(Br)c(Cl)s1)C(C)(C)C. The molecule has 0 aliphatic carbocycles. The largest absolute Gasteiger partial charge is 0.323 e. The molecule has 1 aromatic heterocycles. The van der Waals surface area contributed by atoms with Crippen molar-refractivity contribution in [2.75, 3.05) is 0 Å². The fraction of sp³-hybridized carbons (Fsp3) is 0.667. The van der Waals surface area contributed by atoms with Crippen LogP contribution in [0, 0.1) is 11.3 Å². The van der Waals surface area contributed by atoms with Crippen LogP contribution in [-0.2, 0) is 0 Å². The lowest BCUT2D eigenvalue weighted by atomic mass is 9.78. The molecule has 2 atom stereocenters. The fourth-order valence-electron chi connectivity index (χ4n) is 1.40. The molecule has 1 heterocycles. The van der Waals surface area contributed by atoms with Crippen molar-refractivity contribution in [1.29, 1.82) is 0 Å². The van der Waals surface area contributed by atoms with Crippen LogP contribution in [0.5, 0.6) is 0 Å². The van der Waals surface area contributed by atoms with E-state index in [9.17, 15) is 0 Å². The molecule has 0 spiro atoms. The summed E-state index contributed by atoms with van der Waals surface area (Å²) in [4.78, 5) is 1.16. The van der Waals surface area contributed by atoms with Crippen molar-refractivity contribution in [3.63, 3.8) is 0 Å². The van der Waals surface area contributed by atoms with Crippen LogP contribution in [0.1, 0.15) is 45.0 Å². The number of hydrogen-bond acceptors (Lipinski definition) is 2. The van der Waals surface area contributed by atoms with E-state index in [2.05, 4.69) is 43.6 Å². The van der Waals surface area contributed by atoms with Crippen molar-refractivity contribution in [3.05, 3.63) is 19.8 Å². The van der Waals surface area contributed by atoms with Crippen LogP contribution in [0.15, 0.2) is 10.5 Å². The lowest BCUT2D eigenvalue weighted by molar-refractivity contribution is 0.234. The zero-order valence-electron chi connectivity index (χ0n) is 10.2. The van der Waals surface area contributed by atoms with Crippen molar-refractivity contribution < 1.29 is 0 Å². The molecule has 2 N–H and O–H groups in total. The van der Waals surface area contributed by atoms with Gasteiger partial charge < -0.3 is 5.73 Å². The normalized spacial score (nSPS) is 16.2. The van der Waals surface area contributed by atoms with Gasteiger partial charge in [0.05, 0.1) is 0 Å². The minimum atomic E-state index is 0.0861. The van der Waals surface area contributed by atoms with Crippen molar-refractivity contribution in [2.45, 2.75) is 40.2 Å². The Labute approximate surface area is 116 Å². The van der Waals surface area contributed by atoms with Gasteiger partial charge in [0.25, 0.3) is 0 Å². The second-order valence-electron chi connectivity index (χ2n) is 5.38. The number of thiophene rings is 1. The van der Waals surface area contributed by atoms with Crippen molar-refractivity contribution >= 4 is 38.9 Å². The molecule has 4 heteroatoms. The highest BCUT2D eigenvalue weighted by Gasteiger charge is 2.23. The van der Waals surface area contributed by atoms with E-state index in [1.165, 1.54) is 0 Å². The Balaban J connectivity index is 2.69. The molecule has 2 unspecified atom stereocenters. The van der Waals surface area contributed by atoms with E-state index in [0.717, 1.165) is 20.1 Å². The first-order valence-electron chi connectivity index (χ1n) is 5.42. The van der Waals surface area contributed by atoms with Crippen molar-refractivity contribution in [3.8, 4) is 0 Å². The van der Waals surface area contributed by atoms with E-state index >= 15 is 0 Å². The van der Waals surface area contributed by atoms with Gasteiger partial charge in [0.1, 0.15) is 4.34 Å². The third-order valence-corrected chi connectivity index (χ3v) is 5.72. The summed E-state index contributed by atoms with van der Waals surface area (Å²) in [5.74, 6) is 0.585. The minimum absolute atomic E-state index is 0.0861. The maximum atomic E-state index is 6.21. The van der Waals surface area contributed by atoms with Crippen LogP contribution < -0.4 is 5.73 Å². The van der Waals surface area contributed by atoms with Gasteiger partial charge in [-0.25, -0.2) is 0 Å². The third-order valence-electron chi connectivity index (χ3n) is 3.12. The van der Waals surface area contributed by atoms with Gasteiger partial charge in [-0.05, 0) is 39.8 Å². The number of nitrogens with two attached hydrogens (primary N) is 1. The highest BCUT2D eigenvalue weighted by Crippen LogP contribution is 2.38. The molecule has 0 bridgehead atoms. The van der Waals surface area contributed by atoms with E-state index in [0.29, 0.717) is 11.3 Å². The maximum Gasteiger partial charge on any atom is 0.107 e. The smallest absolute Gasteiger partial charge is 0.107 e. The van der Waals surface area contributed by atoms with E-state index in [1.54, 1.807) is 11.3 Å². The summed E-state index contributed by atoms with van der Waals surface area (Å²) in [5, 5.41) is 0. The van der Waals surface area contributed by atoms with Gasteiger partial charge >= 0.3 is 0 Å². The Morgan fingerprint density at radius 2 is 2.06 bits per heavy atom. The second kappa shape index (κ2) is 5.38. The van der Waals surface area contributed by atoms with Crippen LogP contribution >= 0.6 is 38.9 Å². The summed E-state index contributed by atoms with van der Waals surface area (Å²) in [5.41, 5.74) is 6.51. The van der Waals surface area contributed by atoms with Gasteiger partial charge in [-0.3, -0.25) is 0 Å². The zero-order chi connectivity index (χ0) is 12.5. The van der Waals surface area contributed by atoms with E-state index in [-0.39, 0.29) is 6.04 Å². The summed E-state index contributed by atoms with van der Waals surface area (Å²) in [6.07, 6.45) is 0.993. The molecular formula is C12H19BrClNS. The van der Waals surface area contributed by atoms with Crippen LogP contribution in [0.25, 0.3) is 0 Å². The molecule has 0 saturated heterocycles. The third kappa shape index (κ3) is 3.73. The van der Waals surface area contributed by atoms with Crippen LogP contribution in [0.3, 0.4) is 0 Å². The van der Waals surface area contributed by atoms with Gasteiger partial charge in [-0.2, -0.15) is 0 Å². The summed E-state index contributed by atoms with van der Waals surface area (Å²) >= 11 is 11.0. The van der Waals surface area contributed by atoms with Crippen LogP contribution in [0.4, 0.5) is 0 Å². The molecule has 0 radical (unpaired) electrons. The second-order valence-corrected chi connectivity index (χ2v) is 7.92. The Kier molecular flexibility index (Phi) is 4.88. The predicted octanol–water partition coefficient (Wildman–Crippen LogP) is 5.24. The Morgan fingerprint density at radius 1 is 1.50 bits per heavy atom. The van der Waals surface area contributed by atoms with Gasteiger partial charge in [0.15, 0.2) is 0 Å². The molecule has 0 aliphatic rings. The summed E-state index contributed by atoms with van der Waals surface area (Å²) in [6.45, 7) is 9.01. The van der Waals surface area contributed by atoms with Crippen LogP contribution in [-0.4, -0.2) is 0 Å². The predicted molar refractivity (Wildman–Crippen MR) is 77.2 cm³/mol. The van der Waals surface area contributed by atoms with E-state index in [4.69, 9.17) is 17.3 Å². The highest BCUT2D eigenvalue weighted by molar-refractivity contribution is 9.10. The summed E-state index contributed by atoms with van der Waals surface area (Å²) in [7, 11) is 0. The zero-order valence-corrected chi connectivity index (χ0v) is 13.3. The van der Waals surface area contributed by atoms with Gasteiger partial charge in [-0.1, -0.05) is 39.3 Å². The minimum Gasteiger partial charge on any atom is -0.323 e. The molecule has 92 valence electrons. The number of hydrogen-bond donors (Lipinski definition) is 1. The Morgan fingerprint density at radius 3 is 2.44 bits per heavy atom.